The maximum atomic E-state index is 10.9. The summed E-state index contributed by atoms with van der Waals surface area (Å²) in [5.74, 6) is -0.208. The number of piperidine rings is 1. The van der Waals surface area contributed by atoms with Crippen molar-refractivity contribution in [1.29, 1.82) is 0 Å². The Kier molecular flexibility index (Phi) is 3.58. The number of carbonyl (C=O) groups is 1. The molecular weight excluding hydrogens is 220 g/mol. The van der Waals surface area contributed by atoms with Crippen LogP contribution in [0, 0.1) is 0 Å². The lowest BCUT2D eigenvalue weighted by molar-refractivity contribution is 0.0696. The van der Waals surface area contributed by atoms with Crippen molar-refractivity contribution in [2.24, 2.45) is 0 Å². The molecule has 0 spiro atoms. The van der Waals surface area contributed by atoms with Crippen molar-refractivity contribution in [2.45, 2.75) is 18.9 Å². The van der Waals surface area contributed by atoms with Crippen LogP contribution < -0.4 is 4.90 Å². The summed E-state index contributed by atoms with van der Waals surface area (Å²) in [5.41, 5.74) is 0.273. The first-order valence-electron chi connectivity index (χ1n) is 5.68. The maximum absolute atomic E-state index is 10.9. The zero-order chi connectivity index (χ0) is 12.3. The quantitative estimate of drug-likeness (QED) is 0.859. The number of pyridine rings is 1. The molecule has 1 fully saturated rings. The first kappa shape index (κ1) is 11.9. The van der Waals surface area contributed by atoms with Crippen LogP contribution in [0.1, 0.15) is 23.2 Å². The molecule has 92 valence electrons. The predicted molar refractivity (Wildman–Crippen MR) is 63.4 cm³/mol. The zero-order valence-corrected chi connectivity index (χ0v) is 9.80. The van der Waals surface area contributed by atoms with Crippen molar-refractivity contribution in [3.63, 3.8) is 0 Å². The summed E-state index contributed by atoms with van der Waals surface area (Å²) in [6, 6.07) is 3.12. The Bertz CT molecular complexity index is 408. The van der Waals surface area contributed by atoms with Gasteiger partial charge in [0.15, 0.2) is 0 Å². The first-order chi connectivity index (χ1) is 8.20. The van der Waals surface area contributed by atoms with E-state index < -0.39 is 5.97 Å². The molecular formula is C12H16N2O3. The number of methoxy groups -OCH3 is 1. The number of carboxylic acids is 1. The van der Waals surface area contributed by atoms with Crippen molar-refractivity contribution in [3.8, 4) is 0 Å². The monoisotopic (exact) mass is 236 g/mol. The number of aromatic nitrogens is 1. The molecule has 17 heavy (non-hydrogen) atoms. The molecule has 1 N–H and O–H groups in total. The molecule has 0 bridgehead atoms. The summed E-state index contributed by atoms with van der Waals surface area (Å²) >= 11 is 0. The van der Waals surface area contributed by atoms with E-state index in [9.17, 15) is 4.79 Å². The summed E-state index contributed by atoms with van der Waals surface area (Å²) < 4.78 is 5.33. The van der Waals surface area contributed by atoms with Crippen LogP contribution in [0.3, 0.4) is 0 Å². The standard InChI is InChI=1S/C12H16N2O3/c1-17-10-3-2-6-14(8-10)11-7-9(12(15)16)4-5-13-11/h4-5,7,10H,2-3,6,8H2,1H3,(H,15,16). The van der Waals surface area contributed by atoms with E-state index in [1.54, 1.807) is 13.2 Å². The predicted octanol–water partition coefficient (Wildman–Crippen LogP) is 1.40. The van der Waals surface area contributed by atoms with Gasteiger partial charge in [-0.3, -0.25) is 0 Å². The molecule has 0 aliphatic carbocycles. The number of rotatable bonds is 3. The first-order valence-corrected chi connectivity index (χ1v) is 5.68. The minimum atomic E-state index is -0.922. The van der Waals surface area contributed by atoms with Crippen LogP contribution in [0.5, 0.6) is 0 Å². The molecule has 0 radical (unpaired) electrons. The van der Waals surface area contributed by atoms with Gasteiger partial charge in [0, 0.05) is 26.4 Å². The fourth-order valence-electron chi connectivity index (χ4n) is 2.06. The van der Waals surface area contributed by atoms with Crippen molar-refractivity contribution < 1.29 is 14.6 Å². The Morgan fingerprint density at radius 1 is 1.65 bits per heavy atom. The molecule has 1 unspecified atom stereocenters. The number of nitrogens with zero attached hydrogens (tertiary/aromatic N) is 2. The minimum absolute atomic E-state index is 0.207. The Labute approximate surface area is 100 Å². The van der Waals surface area contributed by atoms with Crippen molar-refractivity contribution in [2.75, 3.05) is 25.1 Å². The van der Waals surface area contributed by atoms with Gasteiger partial charge in [0.25, 0.3) is 0 Å². The second-order valence-corrected chi connectivity index (χ2v) is 4.15. The summed E-state index contributed by atoms with van der Waals surface area (Å²) in [4.78, 5) is 17.2. The molecule has 5 nitrogen and oxygen atoms in total. The zero-order valence-electron chi connectivity index (χ0n) is 9.80. The van der Waals surface area contributed by atoms with Crippen LogP contribution in [0.2, 0.25) is 0 Å². The average molecular weight is 236 g/mol. The summed E-state index contributed by atoms with van der Waals surface area (Å²) in [7, 11) is 1.70. The van der Waals surface area contributed by atoms with Gasteiger partial charge in [-0.15, -0.1) is 0 Å². The van der Waals surface area contributed by atoms with E-state index in [4.69, 9.17) is 9.84 Å². The third kappa shape index (κ3) is 2.74. The average Bonchev–Trinajstić information content (AvgIpc) is 2.39. The van der Waals surface area contributed by atoms with Crippen molar-refractivity contribution in [1.82, 2.24) is 4.98 Å². The molecule has 1 saturated heterocycles. The molecule has 1 aromatic rings. The van der Waals surface area contributed by atoms with Crippen LogP contribution in [-0.4, -0.2) is 42.4 Å². The second kappa shape index (κ2) is 5.14. The Balaban J connectivity index is 2.16. The number of ether oxygens (including phenoxy) is 1. The van der Waals surface area contributed by atoms with E-state index in [2.05, 4.69) is 9.88 Å². The number of hydrogen-bond donors (Lipinski definition) is 1. The van der Waals surface area contributed by atoms with Gasteiger partial charge in [-0.2, -0.15) is 0 Å². The molecule has 0 saturated carbocycles. The molecule has 1 aliphatic heterocycles. The molecule has 1 aliphatic rings. The lowest BCUT2D eigenvalue weighted by atomic mass is 10.1. The van der Waals surface area contributed by atoms with Gasteiger partial charge in [0.1, 0.15) is 5.82 Å². The van der Waals surface area contributed by atoms with Gasteiger partial charge in [-0.05, 0) is 25.0 Å². The highest BCUT2D eigenvalue weighted by Crippen LogP contribution is 2.19. The Morgan fingerprint density at radius 3 is 3.18 bits per heavy atom. The molecule has 2 heterocycles. The Hall–Kier alpha value is -1.62. The molecule has 5 heteroatoms. The number of aromatic carboxylic acids is 1. The minimum Gasteiger partial charge on any atom is -0.478 e. The largest absolute Gasteiger partial charge is 0.478 e. The van der Waals surface area contributed by atoms with Crippen molar-refractivity contribution >= 4 is 11.8 Å². The van der Waals surface area contributed by atoms with Crippen LogP contribution in [-0.2, 0) is 4.74 Å². The lowest BCUT2D eigenvalue weighted by Gasteiger charge is -2.32. The normalized spacial score (nSPS) is 20.3. The van der Waals surface area contributed by atoms with E-state index in [-0.39, 0.29) is 11.7 Å². The summed E-state index contributed by atoms with van der Waals surface area (Å²) in [5, 5.41) is 8.93. The summed E-state index contributed by atoms with van der Waals surface area (Å²) in [6.45, 7) is 1.67. The van der Waals surface area contributed by atoms with Crippen LogP contribution in [0.4, 0.5) is 5.82 Å². The van der Waals surface area contributed by atoms with Gasteiger partial charge in [0.05, 0.1) is 11.7 Å². The van der Waals surface area contributed by atoms with Gasteiger partial charge in [0.2, 0.25) is 0 Å². The molecule has 1 atom stereocenters. The third-order valence-corrected chi connectivity index (χ3v) is 3.03. The number of hydrogen-bond acceptors (Lipinski definition) is 4. The highest BCUT2D eigenvalue weighted by Gasteiger charge is 2.20. The lowest BCUT2D eigenvalue weighted by Crippen LogP contribution is -2.39. The third-order valence-electron chi connectivity index (χ3n) is 3.03. The van der Waals surface area contributed by atoms with E-state index in [0.29, 0.717) is 5.82 Å². The summed E-state index contributed by atoms with van der Waals surface area (Å²) in [6.07, 6.45) is 3.83. The smallest absolute Gasteiger partial charge is 0.335 e. The fourth-order valence-corrected chi connectivity index (χ4v) is 2.06. The van der Waals surface area contributed by atoms with Crippen LogP contribution in [0.15, 0.2) is 18.3 Å². The molecule has 0 amide bonds. The highest BCUT2D eigenvalue weighted by molar-refractivity contribution is 5.88. The van der Waals surface area contributed by atoms with E-state index in [1.807, 2.05) is 0 Å². The second-order valence-electron chi connectivity index (χ2n) is 4.15. The SMILES string of the molecule is COC1CCCN(c2cc(C(=O)O)ccn2)C1. The molecule has 2 rings (SSSR count). The molecule has 1 aromatic heterocycles. The number of anilines is 1. The topological polar surface area (TPSA) is 62.7 Å². The van der Waals surface area contributed by atoms with Crippen LogP contribution in [0.25, 0.3) is 0 Å². The molecule has 0 aromatic carbocycles. The van der Waals surface area contributed by atoms with E-state index in [1.165, 1.54) is 12.3 Å². The fraction of sp³-hybridized carbons (Fsp3) is 0.500. The van der Waals surface area contributed by atoms with E-state index in [0.717, 1.165) is 25.9 Å². The van der Waals surface area contributed by atoms with Gasteiger partial charge < -0.3 is 14.7 Å². The maximum Gasteiger partial charge on any atom is 0.335 e. The Morgan fingerprint density at radius 2 is 2.47 bits per heavy atom. The van der Waals surface area contributed by atoms with Crippen molar-refractivity contribution in [3.05, 3.63) is 23.9 Å². The van der Waals surface area contributed by atoms with Gasteiger partial charge in [-0.25, -0.2) is 9.78 Å². The highest BCUT2D eigenvalue weighted by atomic mass is 16.5. The number of carboxylic acid groups (broad SMARTS) is 1. The van der Waals surface area contributed by atoms with Gasteiger partial charge >= 0.3 is 5.97 Å². The van der Waals surface area contributed by atoms with Gasteiger partial charge in [-0.1, -0.05) is 0 Å². The van der Waals surface area contributed by atoms with E-state index >= 15 is 0 Å². The van der Waals surface area contributed by atoms with Crippen LogP contribution >= 0.6 is 0 Å².